The number of aliphatic hydroxyl groups excluding tert-OH is 3. The first kappa shape index (κ1) is 16.4. The van der Waals surface area contributed by atoms with Crippen LogP contribution in [0.1, 0.15) is 12.5 Å². The van der Waals surface area contributed by atoms with Crippen molar-refractivity contribution >= 4 is 12.0 Å². The van der Waals surface area contributed by atoms with E-state index in [1.807, 2.05) is 0 Å². The second-order valence-corrected chi connectivity index (χ2v) is 5.04. The first-order chi connectivity index (χ1) is 10.4. The monoisotopic (exact) mass is 310 g/mol. The van der Waals surface area contributed by atoms with Gasteiger partial charge in [-0.3, -0.25) is 0 Å². The predicted molar refractivity (Wildman–Crippen MR) is 76.1 cm³/mol. The molecule has 0 aliphatic carbocycles. The zero-order valence-corrected chi connectivity index (χ0v) is 11.9. The Bertz CT molecular complexity index is 539. The van der Waals surface area contributed by atoms with Crippen molar-refractivity contribution in [2.24, 2.45) is 0 Å². The topological polar surface area (TPSA) is 116 Å². The Kier molecular flexibility index (Phi) is 5.15. The number of rotatable bonds is 4. The fraction of sp³-hybridized carbons (Fsp3) is 0.400. The lowest BCUT2D eigenvalue weighted by Crippen LogP contribution is -2.58. The first-order valence-corrected chi connectivity index (χ1v) is 6.76. The number of carbonyl (C=O) groups is 1. The summed E-state index contributed by atoms with van der Waals surface area (Å²) < 4.78 is 10.8. The molecule has 1 heterocycles. The fourth-order valence-electron chi connectivity index (χ4n) is 2.07. The molecule has 1 aromatic rings. The lowest BCUT2D eigenvalue weighted by atomic mass is 10.00. The summed E-state index contributed by atoms with van der Waals surface area (Å²) in [5.41, 5.74) is 0.670. The molecule has 0 aromatic heterocycles. The van der Waals surface area contributed by atoms with Crippen molar-refractivity contribution in [3.63, 3.8) is 0 Å². The first-order valence-electron chi connectivity index (χ1n) is 6.76. The number of ether oxygens (including phenoxy) is 2. The Labute approximate surface area is 127 Å². The summed E-state index contributed by atoms with van der Waals surface area (Å²) >= 11 is 0. The zero-order chi connectivity index (χ0) is 16.3. The summed E-state index contributed by atoms with van der Waals surface area (Å²) in [5.74, 6) is -0.659. The fourth-order valence-corrected chi connectivity index (χ4v) is 2.07. The molecule has 7 heteroatoms. The van der Waals surface area contributed by atoms with Crippen LogP contribution < -0.4 is 4.74 Å². The van der Waals surface area contributed by atoms with Gasteiger partial charge in [0.05, 0.1) is 6.10 Å². The standard InChI is InChI=1S/C15H18O7/c1-8-12(18)13(19)14(20)15(21-8)22-10-5-2-9(3-6-10)4-7-11(16)17/h2-8,12-15,18-20H,1H3,(H,16,17)/b7-4+/t8-,12-,13+,14+,15?/m1/s1. The highest BCUT2D eigenvalue weighted by molar-refractivity contribution is 5.85. The molecule has 1 aromatic carbocycles. The van der Waals surface area contributed by atoms with Gasteiger partial charge in [0.15, 0.2) is 0 Å². The van der Waals surface area contributed by atoms with Crippen LogP contribution in [-0.4, -0.2) is 57.1 Å². The van der Waals surface area contributed by atoms with Gasteiger partial charge < -0.3 is 29.9 Å². The van der Waals surface area contributed by atoms with E-state index in [0.29, 0.717) is 11.3 Å². The number of aliphatic carboxylic acids is 1. The predicted octanol–water partition coefficient (Wildman–Crippen LogP) is -0.00930. The van der Waals surface area contributed by atoms with Crippen LogP contribution in [0.3, 0.4) is 0 Å². The van der Waals surface area contributed by atoms with Crippen LogP contribution in [0.4, 0.5) is 0 Å². The molecule has 0 radical (unpaired) electrons. The molecule has 5 atom stereocenters. The van der Waals surface area contributed by atoms with Crippen molar-refractivity contribution in [1.82, 2.24) is 0 Å². The van der Waals surface area contributed by atoms with Crippen LogP contribution in [-0.2, 0) is 9.53 Å². The summed E-state index contributed by atoms with van der Waals surface area (Å²) in [6.07, 6.45) is -3.25. The number of hydrogen-bond donors (Lipinski definition) is 4. The van der Waals surface area contributed by atoms with E-state index in [-0.39, 0.29) is 0 Å². The minimum absolute atomic E-state index is 0.382. The Hall–Kier alpha value is -1.93. The normalized spacial score (nSPS) is 32.1. The van der Waals surface area contributed by atoms with Crippen molar-refractivity contribution in [2.45, 2.75) is 37.6 Å². The summed E-state index contributed by atoms with van der Waals surface area (Å²) in [5, 5.41) is 37.7. The molecule has 0 spiro atoms. The summed E-state index contributed by atoms with van der Waals surface area (Å²) in [6.45, 7) is 1.57. The third-order valence-corrected chi connectivity index (χ3v) is 3.36. The van der Waals surface area contributed by atoms with Gasteiger partial charge in [-0.05, 0) is 30.7 Å². The average molecular weight is 310 g/mol. The van der Waals surface area contributed by atoms with Crippen LogP contribution in [0.2, 0.25) is 0 Å². The second kappa shape index (κ2) is 6.89. The summed E-state index contributed by atoms with van der Waals surface area (Å²) in [6, 6.07) is 6.44. The maximum absolute atomic E-state index is 10.4. The van der Waals surface area contributed by atoms with Crippen LogP contribution in [0.15, 0.2) is 30.3 Å². The lowest BCUT2D eigenvalue weighted by molar-refractivity contribution is -0.268. The smallest absolute Gasteiger partial charge is 0.328 e. The van der Waals surface area contributed by atoms with Crippen molar-refractivity contribution < 1.29 is 34.7 Å². The number of benzene rings is 1. The van der Waals surface area contributed by atoms with Gasteiger partial charge in [-0.1, -0.05) is 12.1 Å². The second-order valence-electron chi connectivity index (χ2n) is 5.04. The van der Waals surface area contributed by atoms with Gasteiger partial charge >= 0.3 is 5.97 Å². The van der Waals surface area contributed by atoms with Gasteiger partial charge in [0, 0.05) is 6.08 Å². The van der Waals surface area contributed by atoms with Crippen LogP contribution in [0.25, 0.3) is 6.08 Å². The Morgan fingerprint density at radius 2 is 1.77 bits per heavy atom. The van der Waals surface area contributed by atoms with Gasteiger partial charge in [0.25, 0.3) is 0 Å². The molecule has 22 heavy (non-hydrogen) atoms. The zero-order valence-electron chi connectivity index (χ0n) is 11.9. The van der Waals surface area contributed by atoms with Crippen LogP contribution in [0.5, 0.6) is 5.75 Å². The maximum Gasteiger partial charge on any atom is 0.328 e. The molecule has 1 unspecified atom stereocenters. The highest BCUT2D eigenvalue weighted by Crippen LogP contribution is 2.24. The van der Waals surface area contributed by atoms with E-state index in [4.69, 9.17) is 14.6 Å². The number of carboxylic acids is 1. The van der Waals surface area contributed by atoms with E-state index in [2.05, 4.69) is 0 Å². The largest absolute Gasteiger partial charge is 0.478 e. The van der Waals surface area contributed by atoms with E-state index in [0.717, 1.165) is 6.08 Å². The molecule has 7 nitrogen and oxygen atoms in total. The van der Waals surface area contributed by atoms with Crippen LogP contribution >= 0.6 is 0 Å². The van der Waals surface area contributed by atoms with E-state index >= 15 is 0 Å². The van der Waals surface area contributed by atoms with E-state index in [1.54, 1.807) is 31.2 Å². The minimum atomic E-state index is -1.38. The van der Waals surface area contributed by atoms with E-state index in [1.165, 1.54) is 6.08 Å². The molecule has 1 fully saturated rings. The molecular weight excluding hydrogens is 292 g/mol. The molecule has 2 rings (SSSR count). The molecule has 120 valence electrons. The Balaban J connectivity index is 2.03. The minimum Gasteiger partial charge on any atom is -0.478 e. The highest BCUT2D eigenvalue weighted by Gasteiger charge is 2.43. The quantitative estimate of drug-likeness (QED) is 0.578. The Morgan fingerprint density at radius 1 is 1.14 bits per heavy atom. The molecule has 1 aliphatic heterocycles. The lowest BCUT2D eigenvalue weighted by Gasteiger charge is -2.38. The molecular formula is C15H18O7. The molecule has 1 aliphatic rings. The molecule has 4 N–H and O–H groups in total. The average Bonchev–Trinajstić information content (AvgIpc) is 2.49. The van der Waals surface area contributed by atoms with Gasteiger partial charge in [0.1, 0.15) is 24.1 Å². The van der Waals surface area contributed by atoms with E-state index in [9.17, 15) is 20.1 Å². The van der Waals surface area contributed by atoms with Gasteiger partial charge in [-0.2, -0.15) is 0 Å². The third kappa shape index (κ3) is 3.83. The number of hydrogen-bond acceptors (Lipinski definition) is 6. The van der Waals surface area contributed by atoms with Crippen molar-refractivity contribution in [1.29, 1.82) is 0 Å². The molecule has 0 saturated carbocycles. The van der Waals surface area contributed by atoms with Crippen molar-refractivity contribution in [2.75, 3.05) is 0 Å². The number of carboxylic acid groups (broad SMARTS) is 1. The summed E-state index contributed by atoms with van der Waals surface area (Å²) in [4.78, 5) is 10.4. The third-order valence-electron chi connectivity index (χ3n) is 3.36. The van der Waals surface area contributed by atoms with Crippen molar-refractivity contribution in [3.05, 3.63) is 35.9 Å². The number of aliphatic hydroxyl groups is 3. The van der Waals surface area contributed by atoms with Gasteiger partial charge in [-0.15, -0.1) is 0 Å². The van der Waals surface area contributed by atoms with E-state index < -0.39 is 36.7 Å². The molecule has 0 amide bonds. The maximum atomic E-state index is 10.4. The van der Waals surface area contributed by atoms with Gasteiger partial charge in [-0.25, -0.2) is 4.79 Å². The Morgan fingerprint density at radius 3 is 2.36 bits per heavy atom. The molecule has 0 bridgehead atoms. The van der Waals surface area contributed by atoms with Gasteiger partial charge in [0.2, 0.25) is 6.29 Å². The highest BCUT2D eigenvalue weighted by atomic mass is 16.7. The summed E-state index contributed by atoms with van der Waals surface area (Å²) in [7, 11) is 0. The molecule has 1 saturated heterocycles. The SMILES string of the molecule is C[C@H]1OC(Oc2ccc(/C=C/C(=O)O)cc2)[C@@H](O)[C@@H](O)[C@@H]1O. The van der Waals surface area contributed by atoms with Crippen molar-refractivity contribution in [3.8, 4) is 5.75 Å². The van der Waals surface area contributed by atoms with Crippen LogP contribution in [0, 0.1) is 0 Å².